The molecule has 2 aromatic rings. The van der Waals surface area contributed by atoms with Crippen molar-refractivity contribution < 1.29 is 9.21 Å². The lowest BCUT2D eigenvalue weighted by Gasteiger charge is -2.01. The third-order valence-corrected chi connectivity index (χ3v) is 2.54. The Morgan fingerprint density at radius 2 is 2.17 bits per heavy atom. The molecule has 0 aliphatic heterocycles. The molecule has 0 radical (unpaired) electrons. The van der Waals surface area contributed by atoms with E-state index in [1.54, 1.807) is 18.3 Å². The molecule has 1 N–H and O–H groups in total. The average Bonchev–Trinajstić information content (AvgIpc) is 2.85. The Kier molecular flexibility index (Phi) is 3.57. The number of nitrogens with zero attached hydrogens (tertiary/aromatic N) is 1. The lowest BCUT2D eigenvalue weighted by atomic mass is 10.1. The molecule has 0 bridgehead atoms. The highest BCUT2D eigenvalue weighted by Gasteiger charge is 2.05. The number of rotatable bonds is 3. The molecule has 1 amide bonds. The molecule has 0 aliphatic carbocycles. The van der Waals surface area contributed by atoms with Gasteiger partial charge in [-0.3, -0.25) is 4.79 Å². The fraction of sp³-hybridized carbons (Fsp3) is 0.143. The maximum atomic E-state index is 11.5. The van der Waals surface area contributed by atoms with Crippen molar-refractivity contribution in [2.45, 2.75) is 13.8 Å². The van der Waals surface area contributed by atoms with Gasteiger partial charge in [-0.25, -0.2) is 5.43 Å². The lowest BCUT2D eigenvalue weighted by Crippen LogP contribution is -2.16. The second kappa shape index (κ2) is 5.31. The maximum Gasteiger partial charge on any atom is 0.307 e. The third kappa shape index (κ3) is 2.85. The van der Waals surface area contributed by atoms with Crippen LogP contribution in [0.1, 0.15) is 27.2 Å². The summed E-state index contributed by atoms with van der Waals surface area (Å²) in [6, 6.07) is 9.27. The molecule has 1 aromatic carbocycles. The standard InChI is InChI=1S/C14H14N2O2/c1-10-5-6-12(11(2)8-10)9-15-16-14(17)13-4-3-7-18-13/h3-9H,1-2H3,(H,16,17)/b15-9-. The number of hydrogen-bond donors (Lipinski definition) is 1. The van der Waals surface area contributed by atoms with E-state index in [4.69, 9.17) is 4.42 Å². The van der Waals surface area contributed by atoms with Gasteiger partial charge in [0.1, 0.15) is 0 Å². The van der Waals surface area contributed by atoms with Gasteiger partial charge in [0.25, 0.3) is 0 Å². The van der Waals surface area contributed by atoms with Crippen LogP contribution in [0.3, 0.4) is 0 Å². The van der Waals surface area contributed by atoms with Crippen LogP contribution >= 0.6 is 0 Å². The van der Waals surface area contributed by atoms with E-state index in [1.807, 2.05) is 26.0 Å². The molecule has 0 fully saturated rings. The molecule has 0 atom stereocenters. The zero-order valence-corrected chi connectivity index (χ0v) is 10.3. The minimum atomic E-state index is -0.360. The van der Waals surface area contributed by atoms with Gasteiger partial charge in [-0.2, -0.15) is 5.10 Å². The van der Waals surface area contributed by atoms with Gasteiger partial charge in [-0.15, -0.1) is 0 Å². The number of aryl methyl sites for hydroxylation is 2. The minimum absolute atomic E-state index is 0.243. The van der Waals surface area contributed by atoms with Crippen molar-refractivity contribution in [2.24, 2.45) is 5.10 Å². The topological polar surface area (TPSA) is 54.6 Å². The van der Waals surface area contributed by atoms with Crippen molar-refractivity contribution in [2.75, 3.05) is 0 Å². The van der Waals surface area contributed by atoms with Gasteiger partial charge in [0.15, 0.2) is 5.76 Å². The first-order valence-corrected chi connectivity index (χ1v) is 5.61. The highest BCUT2D eigenvalue weighted by molar-refractivity contribution is 5.92. The average molecular weight is 242 g/mol. The van der Waals surface area contributed by atoms with Crippen LogP contribution in [-0.4, -0.2) is 12.1 Å². The van der Waals surface area contributed by atoms with Crippen LogP contribution in [-0.2, 0) is 0 Å². The molecular weight excluding hydrogens is 228 g/mol. The van der Waals surface area contributed by atoms with Gasteiger partial charge in [-0.1, -0.05) is 23.8 Å². The van der Waals surface area contributed by atoms with Gasteiger partial charge in [-0.05, 0) is 37.1 Å². The maximum absolute atomic E-state index is 11.5. The zero-order valence-electron chi connectivity index (χ0n) is 10.3. The summed E-state index contributed by atoms with van der Waals surface area (Å²) < 4.78 is 4.95. The van der Waals surface area contributed by atoms with Crippen LogP contribution in [0.2, 0.25) is 0 Å². The smallest absolute Gasteiger partial charge is 0.307 e. The van der Waals surface area contributed by atoms with Gasteiger partial charge in [0, 0.05) is 0 Å². The van der Waals surface area contributed by atoms with Crippen molar-refractivity contribution in [1.29, 1.82) is 0 Å². The Morgan fingerprint density at radius 1 is 1.33 bits per heavy atom. The molecule has 1 aromatic heterocycles. The number of amides is 1. The normalized spacial score (nSPS) is 10.8. The van der Waals surface area contributed by atoms with Crippen LogP contribution in [0.25, 0.3) is 0 Å². The lowest BCUT2D eigenvalue weighted by molar-refractivity contribution is 0.0927. The molecule has 0 aliphatic rings. The second-order valence-corrected chi connectivity index (χ2v) is 4.04. The number of furan rings is 1. The molecule has 92 valence electrons. The first-order valence-electron chi connectivity index (χ1n) is 5.61. The predicted octanol–water partition coefficient (Wildman–Crippen LogP) is 2.66. The summed E-state index contributed by atoms with van der Waals surface area (Å²) in [7, 11) is 0. The van der Waals surface area contributed by atoms with Crippen LogP contribution in [0.5, 0.6) is 0 Å². The number of carbonyl (C=O) groups excluding carboxylic acids is 1. The summed E-state index contributed by atoms with van der Waals surface area (Å²) in [6.07, 6.45) is 3.07. The van der Waals surface area contributed by atoms with E-state index < -0.39 is 0 Å². The van der Waals surface area contributed by atoms with E-state index >= 15 is 0 Å². The minimum Gasteiger partial charge on any atom is -0.459 e. The van der Waals surface area contributed by atoms with Crippen LogP contribution in [0.15, 0.2) is 46.1 Å². The Morgan fingerprint density at radius 3 is 2.83 bits per heavy atom. The van der Waals surface area contributed by atoms with Crippen molar-refractivity contribution in [3.8, 4) is 0 Å². The van der Waals surface area contributed by atoms with Crippen molar-refractivity contribution in [3.63, 3.8) is 0 Å². The number of hydrogen-bond acceptors (Lipinski definition) is 3. The summed E-state index contributed by atoms with van der Waals surface area (Å²) in [5, 5.41) is 3.90. The number of nitrogens with one attached hydrogen (secondary N) is 1. The fourth-order valence-corrected chi connectivity index (χ4v) is 1.59. The van der Waals surface area contributed by atoms with Gasteiger partial charge >= 0.3 is 5.91 Å². The summed E-state index contributed by atoms with van der Waals surface area (Å²) in [6.45, 7) is 4.04. The van der Waals surface area contributed by atoms with Crippen LogP contribution in [0, 0.1) is 13.8 Å². The zero-order chi connectivity index (χ0) is 13.0. The van der Waals surface area contributed by atoms with Crippen LogP contribution in [0.4, 0.5) is 0 Å². The molecule has 0 unspecified atom stereocenters. The van der Waals surface area contributed by atoms with Gasteiger partial charge in [0.05, 0.1) is 12.5 Å². The molecule has 4 nitrogen and oxygen atoms in total. The van der Waals surface area contributed by atoms with E-state index in [0.717, 1.165) is 11.1 Å². The molecule has 0 saturated carbocycles. The van der Waals surface area contributed by atoms with Crippen LogP contribution < -0.4 is 5.43 Å². The van der Waals surface area contributed by atoms with E-state index in [0.29, 0.717) is 0 Å². The van der Waals surface area contributed by atoms with Crippen molar-refractivity contribution in [1.82, 2.24) is 5.43 Å². The van der Waals surface area contributed by atoms with Gasteiger partial charge in [0.2, 0.25) is 0 Å². The third-order valence-electron chi connectivity index (χ3n) is 2.54. The van der Waals surface area contributed by atoms with Crippen molar-refractivity contribution >= 4 is 12.1 Å². The molecule has 0 spiro atoms. The summed E-state index contributed by atoms with van der Waals surface area (Å²) in [4.78, 5) is 11.5. The highest BCUT2D eigenvalue weighted by Crippen LogP contribution is 2.08. The fourth-order valence-electron chi connectivity index (χ4n) is 1.59. The Balaban J connectivity index is 2.01. The Labute approximate surface area is 105 Å². The Bertz CT molecular complexity index is 571. The molecular formula is C14H14N2O2. The quantitative estimate of drug-likeness (QED) is 0.664. The number of benzene rings is 1. The summed E-state index contributed by atoms with van der Waals surface area (Å²) in [5.74, 6) is -0.117. The Hall–Kier alpha value is -2.36. The monoisotopic (exact) mass is 242 g/mol. The number of carbonyl (C=O) groups is 1. The molecule has 1 heterocycles. The highest BCUT2D eigenvalue weighted by atomic mass is 16.3. The van der Waals surface area contributed by atoms with E-state index in [-0.39, 0.29) is 11.7 Å². The predicted molar refractivity (Wildman–Crippen MR) is 69.7 cm³/mol. The molecule has 2 rings (SSSR count). The molecule has 0 saturated heterocycles. The van der Waals surface area contributed by atoms with E-state index in [2.05, 4.69) is 16.6 Å². The van der Waals surface area contributed by atoms with E-state index in [1.165, 1.54) is 11.8 Å². The summed E-state index contributed by atoms with van der Waals surface area (Å²) >= 11 is 0. The van der Waals surface area contributed by atoms with Crippen molar-refractivity contribution in [3.05, 3.63) is 59.0 Å². The first kappa shape index (κ1) is 12.1. The largest absolute Gasteiger partial charge is 0.459 e. The van der Waals surface area contributed by atoms with Gasteiger partial charge < -0.3 is 4.42 Å². The summed E-state index contributed by atoms with van der Waals surface area (Å²) in [5.41, 5.74) is 5.70. The molecule has 4 heteroatoms. The number of hydrazone groups is 1. The molecule has 18 heavy (non-hydrogen) atoms. The first-order chi connectivity index (χ1) is 8.66. The SMILES string of the molecule is Cc1ccc(/C=N\NC(=O)c2ccco2)c(C)c1. The second-order valence-electron chi connectivity index (χ2n) is 4.04. The van der Waals surface area contributed by atoms with E-state index in [9.17, 15) is 4.79 Å².